The SMILES string of the molecule is CCCCCCCC(=O)NNC(=O)c1ccccc1C. The lowest BCUT2D eigenvalue weighted by molar-refractivity contribution is -0.122. The van der Waals surface area contributed by atoms with E-state index in [1.165, 1.54) is 19.3 Å². The molecular formula is C16H24N2O2. The van der Waals surface area contributed by atoms with Crippen molar-refractivity contribution in [2.24, 2.45) is 0 Å². The molecule has 2 N–H and O–H groups in total. The molecule has 1 aromatic carbocycles. The van der Waals surface area contributed by atoms with Crippen LogP contribution in [0.2, 0.25) is 0 Å². The maximum atomic E-state index is 11.9. The van der Waals surface area contributed by atoms with Crippen LogP contribution in [0.15, 0.2) is 24.3 Å². The number of benzene rings is 1. The van der Waals surface area contributed by atoms with E-state index in [2.05, 4.69) is 17.8 Å². The summed E-state index contributed by atoms with van der Waals surface area (Å²) in [7, 11) is 0. The number of rotatable bonds is 7. The summed E-state index contributed by atoms with van der Waals surface area (Å²) in [5.74, 6) is -0.411. The van der Waals surface area contributed by atoms with Gasteiger partial charge < -0.3 is 0 Å². The molecule has 0 bridgehead atoms. The molecule has 20 heavy (non-hydrogen) atoms. The van der Waals surface area contributed by atoms with Crippen LogP contribution in [-0.2, 0) is 4.79 Å². The second-order valence-corrected chi connectivity index (χ2v) is 4.98. The standard InChI is InChI=1S/C16H24N2O2/c1-3-4-5-6-7-12-15(19)17-18-16(20)14-11-9-8-10-13(14)2/h8-11H,3-7,12H2,1-2H3,(H,17,19)(H,18,20). The topological polar surface area (TPSA) is 58.2 Å². The Kier molecular flexibility index (Phi) is 7.40. The smallest absolute Gasteiger partial charge is 0.269 e. The molecule has 0 heterocycles. The quantitative estimate of drug-likeness (QED) is 0.594. The maximum Gasteiger partial charge on any atom is 0.269 e. The summed E-state index contributed by atoms with van der Waals surface area (Å²) in [5.41, 5.74) is 6.38. The van der Waals surface area contributed by atoms with Crippen molar-refractivity contribution in [2.45, 2.75) is 52.4 Å². The number of hydrogen-bond donors (Lipinski definition) is 2. The van der Waals surface area contributed by atoms with Gasteiger partial charge in [-0.05, 0) is 25.0 Å². The summed E-state index contributed by atoms with van der Waals surface area (Å²) in [5, 5.41) is 0. The molecule has 4 heteroatoms. The Morgan fingerprint density at radius 1 is 1.00 bits per heavy atom. The zero-order chi connectivity index (χ0) is 14.8. The van der Waals surface area contributed by atoms with Crippen molar-refractivity contribution in [1.82, 2.24) is 10.9 Å². The molecular weight excluding hydrogens is 252 g/mol. The predicted octanol–water partition coefficient (Wildman–Crippen LogP) is 3.12. The minimum absolute atomic E-state index is 0.136. The van der Waals surface area contributed by atoms with Gasteiger partial charge in [0.2, 0.25) is 5.91 Å². The number of carbonyl (C=O) groups excluding carboxylic acids is 2. The zero-order valence-electron chi connectivity index (χ0n) is 12.4. The van der Waals surface area contributed by atoms with E-state index in [1.807, 2.05) is 19.1 Å². The van der Waals surface area contributed by atoms with Crippen molar-refractivity contribution < 1.29 is 9.59 Å². The van der Waals surface area contributed by atoms with E-state index in [9.17, 15) is 9.59 Å². The Hall–Kier alpha value is -1.84. The first kappa shape index (κ1) is 16.2. The van der Waals surface area contributed by atoms with E-state index in [0.717, 1.165) is 18.4 Å². The van der Waals surface area contributed by atoms with E-state index >= 15 is 0 Å². The van der Waals surface area contributed by atoms with Gasteiger partial charge in [-0.25, -0.2) is 0 Å². The second kappa shape index (κ2) is 9.13. The first-order valence-electron chi connectivity index (χ1n) is 7.30. The van der Waals surface area contributed by atoms with Crippen LogP contribution in [0.25, 0.3) is 0 Å². The third kappa shape index (κ3) is 5.87. The summed E-state index contributed by atoms with van der Waals surface area (Å²) in [6.45, 7) is 4.03. The first-order valence-corrected chi connectivity index (χ1v) is 7.30. The second-order valence-electron chi connectivity index (χ2n) is 4.98. The molecule has 0 saturated heterocycles. The average Bonchev–Trinajstić information content (AvgIpc) is 2.45. The van der Waals surface area contributed by atoms with E-state index in [0.29, 0.717) is 12.0 Å². The molecule has 2 amide bonds. The van der Waals surface area contributed by atoms with Gasteiger partial charge in [0.1, 0.15) is 0 Å². The monoisotopic (exact) mass is 276 g/mol. The van der Waals surface area contributed by atoms with Gasteiger partial charge in [-0.2, -0.15) is 0 Å². The van der Waals surface area contributed by atoms with Crippen molar-refractivity contribution in [2.75, 3.05) is 0 Å². The summed E-state index contributed by atoms with van der Waals surface area (Å²) in [4.78, 5) is 23.4. The van der Waals surface area contributed by atoms with Crippen LogP contribution in [0.3, 0.4) is 0 Å². The molecule has 1 aromatic rings. The Morgan fingerprint density at radius 3 is 2.40 bits per heavy atom. The number of carbonyl (C=O) groups is 2. The maximum absolute atomic E-state index is 11.9. The van der Waals surface area contributed by atoms with Gasteiger partial charge in [-0.3, -0.25) is 20.4 Å². The van der Waals surface area contributed by atoms with Crippen LogP contribution in [0.4, 0.5) is 0 Å². The van der Waals surface area contributed by atoms with E-state index in [-0.39, 0.29) is 11.8 Å². The van der Waals surface area contributed by atoms with Gasteiger partial charge in [-0.1, -0.05) is 50.8 Å². The molecule has 0 spiro atoms. The Morgan fingerprint density at radius 2 is 1.70 bits per heavy atom. The zero-order valence-corrected chi connectivity index (χ0v) is 12.4. The molecule has 1 rings (SSSR count). The highest BCUT2D eigenvalue weighted by Crippen LogP contribution is 2.06. The van der Waals surface area contributed by atoms with Crippen molar-refractivity contribution in [3.05, 3.63) is 35.4 Å². The molecule has 0 aromatic heterocycles. The number of unbranched alkanes of at least 4 members (excludes halogenated alkanes) is 4. The fourth-order valence-corrected chi connectivity index (χ4v) is 1.97. The molecule has 110 valence electrons. The highest BCUT2D eigenvalue weighted by Gasteiger charge is 2.08. The summed E-state index contributed by atoms with van der Waals surface area (Å²) < 4.78 is 0. The minimum atomic E-state index is -0.276. The Balaban J connectivity index is 2.24. The van der Waals surface area contributed by atoms with Crippen LogP contribution in [-0.4, -0.2) is 11.8 Å². The number of amides is 2. The van der Waals surface area contributed by atoms with Crippen LogP contribution in [0.5, 0.6) is 0 Å². The van der Waals surface area contributed by atoms with Crippen molar-refractivity contribution in [3.8, 4) is 0 Å². The predicted molar refractivity (Wildman–Crippen MR) is 80.2 cm³/mol. The number of hydrogen-bond acceptors (Lipinski definition) is 2. The van der Waals surface area contributed by atoms with Crippen molar-refractivity contribution in [1.29, 1.82) is 0 Å². The molecule has 0 fully saturated rings. The summed E-state index contributed by atoms with van der Waals surface area (Å²) in [6.07, 6.45) is 5.96. The molecule has 0 atom stereocenters. The van der Waals surface area contributed by atoms with Crippen LogP contribution >= 0.6 is 0 Å². The van der Waals surface area contributed by atoms with Crippen LogP contribution in [0.1, 0.15) is 61.4 Å². The summed E-state index contributed by atoms with van der Waals surface area (Å²) in [6, 6.07) is 7.28. The van der Waals surface area contributed by atoms with E-state index in [1.54, 1.807) is 12.1 Å². The molecule has 0 unspecified atom stereocenters. The van der Waals surface area contributed by atoms with Crippen molar-refractivity contribution >= 4 is 11.8 Å². The van der Waals surface area contributed by atoms with Crippen molar-refractivity contribution in [3.63, 3.8) is 0 Å². The van der Waals surface area contributed by atoms with Gasteiger partial charge in [0.25, 0.3) is 5.91 Å². The number of aryl methyl sites for hydroxylation is 1. The average molecular weight is 276 g/mol. The lowest BCUT2D eigenvalue weighted by atomic mass is 10.1. The van der Waals surface area contributed by atoms with Gasteiger partial charge in [-0.15, -0.1) is 0 Å². The molecule has 0 saturated carbocycles. The van der Waals surface area contributed by atoms with E-state index < -0.39 is 0 Å². The van der Waals surface area contributed by atoms with Gasteiger partial charge >= 0.3 is 0 Å². The molecule has 0 aliphatic rings. The molecule has 0 radical (unpaired) electrons. The van der Waals surface area contributed by atoms with Gasteiger partial charge in [0.15, 0.2) is 0 Å². The number of nitrogens with one attached hydrogen (secondary N) is 2. The largest absolute Gasteiger partial charge is 0.273 e. The lowest BCUT2D eigenvalue weighted by Gasteiger charge is -2.09. The molecule has 0 aliphatic heterocycles. The Bertz CT molecular complexity index is 444. The van der Waals surface area contributed by atoms with Gasteiger partial charge in [0.05, 0.1) is 0 Å². The van der Waals surface area contributed by atoms with Gasteiger partial charge in [0, 0.05) is 12.0 Å². The fourth-order valence-electron chi connectivity index (χ4n) is 1.97. The van der Waals surface area contributed by atoms with Crippen LogP contribution < -0.4 is 10.9 Å². The highest BCUT2D eigenvalue weighted by atomic mass is 16.2. The molecule has 4 nitrogen and oxygen atoms in total. The highest BCUT2D eigenvalue weighted by molar-refractivity contribution is 5.96. The van der Waals surface area contributed by atoms with Crippen LogP contribution in [0, 0.1) is 6.92 Å². The lowest BCUT2D eigenvalue weighted by Crippen LogP contribution is -2.41. The number of hydrazine groups is 1. The Labute approximate surface area is 120 Å². The molecule has 0 aliphatic carbocycles. The summed E-state index contributed by atoms with van der Waals surface area (Å²) >= 11 is 0. The third-order valence-electron chi connectivity index (χ3n) is 3.21. The minimum Gasteiger partial charge on any atom is -0.273 e. The first-order chi connectivity index (χ1) is 9.65. The third-order valence-corrected chi connectivity index (χ3v) is 3.21. The normalized spacial score (nSPS) is 10.1. The van der Waals surface area contributed by atoms with E-state index in [4.69, 9.17) is 0 Å². The fraction of sp³-hybridized carbons (Fsp3) is 0.500.